The molecule has 1 aromatic carbocycles. The summed E-state index contributed by atoms with van der Waals surface area (Å²) in [4.78, 5) is 13.7. The Hall–Kier alpha value is -1.31. The van der Waals surface area contributed by atoms with Crippen LogP contribution in [0.5, 0.6) is 0 Å². The first-order valence-corrected chi connectivity index (χ1v) is 5.41. The molecule has 1 aliphatic rings. The van der Waals surface area contributed by atoms with Gasteiger partial charge in [-0.3, -0.25) is 4.79 Å². The van der Waals surface area contributed by atoms with Crippen LogP contribution in [0.15, 0.2) is 18.2 Å². The third-order valence-electron chi connectivity index (χ3n) is 3.09. The highest BCUT2D eigenvalue weighted by molar-refractivity contribution is 5.79. The van der Waals surface area contributed by atoms with Crippen molar-refractivity contribution in [2.24, 2.45) is 5.92 Å². The van der Waals surface area contributed by atoms with E-state index in [4.69, 9.17) is 0 Å². The number of nitrogens with zero attached hydrogens (tertiary/aromatic N) is 1. The van der Waals surface area contributed by atoms with E-state index in [0.717, 1.165) is 13.0 Å². The molecule has 2 heteroatoms. The molecule has 1 amide bonds. The second-order valence-electron chi connectivity index (χ2n) is 4.57. The number of carbonyl (C=O) groups is 1. The van der Waals surface area contributed by atoms with E-state index in [0.29, 0.717) is 0 Å². The molecule has 15 heavy (non-hydrogen) atoms. The monoisotopic (exact) mass is 203 g/mol. The number of fused-ring (bicyclic) bond motifs is 1. The number of carbonyl (C=O) groups excluding carboxylic acids is 1. The van der Waals surface area contributed by atoms with Gasteiger partial charge < -0.3 is 4.90 Å². The molecule has 1 atom stereocenters. The molecule has 0 radical (unpaired) electrons. The zero-order valence-electron chi connectivity index (χ0n) is 9.58. The van der Waals surface area contributed by atoms with Gasteiger partial charge in [-0.05, 0) is 24.5 Å². The zero-order valence-corrected chi connectivity index (χ0v) is 9.58. The average molecular weight is 203 g/mol. The fraction of sp³-hybridized carbons (Fsp3) is 0.462. The summed E-state index contributed by atoms with van der Waals surface area (Å²) in [6.45, 7) is 4.85. The molecule has 2 nitrogen and oxygen atoms in total. The van der Waals surface area contributed by atoms with Crippen LogP contribution < -0.4 is 0 Å². The Kier molecular flexibility index (Phi) is 2.51. The van der Waals surface area contributed by atoms with Crippen LogP contribution in [-0.2, 0) is 17.8 Å². The first-order valence-electron chi connectivity index (χ1n) is 5.41. The van der Waals surface area contributed by atoms with Crippen LogP contribution in [0.3, 0.4) is 0 Å². The molecule has 0 saturated carbocycles. The van der Waals surface area contributed by atoms with Crippen molar-refractivity contribution in [3.63, 3.8) is 0 Å². The maximum absolute atomic E-state index is 11.8. The van der Waals surface area contributed by atoms with Gasteiger partial charge in [0.05, 0.1) is 0 Å². The minimum absolute atomic E-state index is 0.110. The average Bonchev–Trinajstić information content (AvgIpc) is 2.29. The Bertz CT molecular complexity index is 398. The summed E-state index contributed by atoms with van der Waals surface area (Å²) >= 11 is 0. The summed E-state index contributed by atoms with van der Waals surface area (Å²) in [7, 11) is 1.89. The molecule has 0 N–H and O–H groups in total. The highest BCUT2D eigenvalue weighted by Crippen LogP contribution is 2.22. The molecule has 1 aliphatic heterocycles. The summed E-state index contributed by atoms with van der Waals surface area (Å²) in [6.07, 6.45) is 0.874. The molecule has 1 heterocycles. The maximum Gasteiger partial charge on any atom is 0.225 e. The lowest BCUT2D eigenvalue weighted by Gasteiger charge is -2.16. The maximum atomic E-state index is 11.8. The first-order chi connectivity index (χ1) is 7.08. The summed E-state index contributed by atoms with van der Waals surface area (Å²) in [5.41, 5.74) is 3.89. The van der Waals surface area contributed by atoms with E-state index in [-0.39, 0.29) is 11.8 Å². The number of hydrogen-bond donors (Lipinski definition) is 0. The minimum Gasteiger partial charge on any atom is -0.341 e. The molecule has 80 valence electrons. The lowest BCUT2D eigenvalue weighted by molar-refractivity contribution is -0.133. The Morgan fingerprint density at radius 3 is 2.80 bits per heavy atom. The summed E-state index contributed by atoms with van der Waals surface area (Å²) in [5, 5.41) is 0. The number of aryl methyl sites for hydroxylation is 1. The van der Waals surface area contributed by atoms with E-state index in [9.17, 15) is 4.79 Å². The van der Waals surface area contributed by atoms with Gasteiger partial charge in [0.15, 0.2) is 0 Å². The molecule has 1 unspecified atom stereocenters. The Morgan fingerprint density at radius 2 is 2.07 bits per heavy atom. The zero-order chi connectivity index (χ0) is 11.0. The van der Waals surface area contributed by atoms with Crippen molar-refractivity contribution < 1.29 is 4.79 Å². The van der Waals surface area contributed by atoms with Gasteiger partial charge in [-0.1, -0.05) is 30.7 Å². The topological polar surface area (TPSA) is 20.3 Å². The number of benzene rings is 1. The summed E-state index contributed by atoms with van der Waals surface area (Å²) in [6, 6.07) is 6.48. The lowest BCUT2D eigenvalue weighted by Crippen LogP contribution is -2.29. The van der Waals surface area contributed by atoms with E-state index < -0.39 is 0 Å². The minimum atomic E-state index is 0.110. The van der Waals surface area contributed by atoms with Crippen LogP contribution in [0.2, 0.25) is 0 Å². The van der Waals surface area contributed by atoms with Gasteiger partial charge in [-0.25, -0.2) is 0 Å². The molecule has 2 rings (SSSR count). The van der Waals surface area contributed by atoms with Gasteiger partial charge in [0, 0.05) is 19.5 Å². The van der Waals surface area contributed by atoms with Crippen molar-refractivity contribution in [3.05, 3.63) is 34.9 Å². The van der Waals surface area contributed by atoms with Gasteiger partial charge in [0.1, 0.15) is 0 Å². The van der Waals surface area contributed by atoms with E-state index >= 15 is 0 Å². The second kappa shape index (κ2) is 3.69. The Morgan fingerprint density at radius 1 is 1.33 bits per heavy atom. The molecule has 0 fully saturated rings. The SMILES string of the molecule is Cc1ccc2c(c1)CN(C)C(=O)C(C)C2. The smallest absolute Gasteiger partial charge is 0.225 e. The third-order valence-corrected chi connectivity index (χ3v) is 3.09. The van der Waals surface area contributed by atoms with Crippen molar-refractivity contribution in [2.75, 3.05) is 7.05 Å². The van der Waals surface area contributed by atoms with Crippen LogP contribution in [-0.4, -0.2) is 17.9 Å². The Labute approximate surface area is 90.9 Å². The molecule has 0 spiro atoms. The van der Waals surface area contributed by atoms with E-state index in [2.05, 4.69) is 25.1 Å². The van der Waals surface area contributed by atoms with Gasteiger partial charge in [0.2, 0.25) is 5.91 Å². The van der Waals surface area contributed by atoms with Crippen LogP contribution in [0.4, 0.5) is 0 Å². The number of hydrogen-bond acceptors (Lipinski definition) is 1. The third kappa shape index (κ3) is 1.89. The number of amides is 1. The molecular weight excluding hydrogens is 186 g/mol. The lowest BCUT2D eigenvalue weighted by atomic mass is 9.97. The van der Waals surface area contributed by atoms with Gasteiger partial charge in [0.25, 0.3) is 0 Å². The summed E-state index contributed by atoms with van der Waals surface area (Å²) in [5.74, 6) is 0.364. The van der Waals surface area contributed by atoms with E-state index in [1.807, 2.05) is 18.9 Å². The van der Waals surface area contributed by atoms with Crippen molar-refractivity contribution in [1.82, 2.24) is 4.90 Å². The van der Waals surface area contributed by atoms with Gasteiger partial charge in [-0.15, -0.1) is 0 Å². The van der Waals surface area contributed by atoms with Crippen LogP contribution >= 0.6 is 0 Å². The number of rotatable bonds is 0. The fourth-order valence-corrected chi connectivity index (χ4v) is 2.23. The van der Waals surface area contributed by atoms with E-state index in [1.165, 1.54) is 16.7 Å². The van der Waals surface area contributed by atoms with Crippen molar-refractivity contribution in [1.29, 1.82) is 0 Å². The van der Waals surface area contributed by atoms with Crippen molar-refractivity contribution in [3.8, 4) is 0 Å². The van der Waals surface area contributed by atoms with Crippen LogP contribution in [0, 0.1) is 12.8 Å². The molecular formula is C13H17NO. The molecule has 0 aliphatic carbocycles. The quantitative estimate of drug-likeness (QED) is 0.632. The van der Waals surface area contributed by atoms with Gasteiger partial charge in [-0.2, -0.15) is 0 Å². The predicted octanol–water partition coefficient (Wildman–Crippen LogP) is 2.15. The van der Waals surface area contributed by atoms with E-state index in [1.54, 1.807) is 0 Å². The highest BCUT2D eigenvalue weighted by atomic mass is 16.2. The standard InChI is InChI=1S/C13H17NO/c1-9-4-5-11-7-10(2)13(15)14(3)8-12(11)6-9/h4-6,10H,7-8H2,1-3H3. The molecule has 0 aromatic heterocycles. The predicted molar refractivity (Wildman–Crippen MR) is 60.5 cm³/mol. The summed E-state index contributed by atoms with van der Waals surface area (Å²) < 4.78 is 0. The van der Waals surface area contributed by atoms with Crippen molar-refractivity contribution in [2.45, 2.75) is 26.8 Å². The largest absolute Gasteiger partial charge is 0.341 e. The second-order valence-corrected chi connectivity index (χ2v) is 4.57. The Balaban J connectivity index is 2.42. The molecule has 0 bridgehead atoms. The fourth-order valence-electron chi connectivity index (χ4n) is 2.23. The van der Waals surface area contributed by atoms with Crippen molar-refractivity contribution >= 4 is 5.91 Å². The molecule has 0 saturated heterocycles. The van der Waals surface area contributed by atoms with Crippen LogP contribution in [0.1, 0.15) is 23.6 Å². The first kappa shape index (κ1) is 10.2. The molecule has 1 aromatic rings. The normalized spacial score (nSPS) is 21.1. The van der Waals surface area contributed by atoms with Crippen LogP contribution in [0.25, 0.3) is 0 Å². The highest BCUT2D eigenvalue weighted by Gasteiger charge is 2.23. The van der Waals surface area contributed by atoms with Gasteiger partial charge >= 0.3 is 0 Å².